The molecule has 0 aliphatic rings. The van der Waals surface area contributed by atoms with Crippen molar-refractivity contribution in [3.8, 4) is 12.1 Å². The molecule has 0 aromatic heterocycles. The van der Waals surface area contributed by atoms with Crippen LogP contribution in [-0.4, -0.2) is 0 Å². The summed E-state index contributed by atoms with van der Waals surface area (Å²) in [6, 6.07) is 23.3. The molecule has 0 unspecified atom stereocenters. The van der Waals surface area contributed by atoms with Crippen LogP contribution in [0.1, 0.15) is 11.1 Å². The van der Waals surface area contributed by atoms with Gasteiger partial charge in [0, 0.05) is 19.3 Å². The molecule has 2 aromatic carbocycles. The highest BCUT2D eigenvalue weighted by molar-refractivity contribution is 5.34. The predicted octanol–water partition coefficient (Wildman–Crippen LogP) is 2.85. The SMILES string of the molecule is N#CC(C#N)=CNCc1ccccc1.NCc1ccccc1. The molecule has 4 heteroatoms. The Morgan fingerprint density at radius 2 is 1.41 bits per heavy atom. The van der Waals surface area contributed by atoms with E-state index in [1.165, 1.54) is 11.8 Å². The number of nitrogens with zero attached hydrogens (tertiary/aromatic N) is 2. The van der Waals surface area contributed by atoms with Gasteiger partial charge in [0.25, 0.3) is 0 Å². The first kappa shape index (κ1) is 17.0. The van der Waals surface area contributed by atoms with Crippen LogP contribution in [-0.2, 0) is 13.1 Å². The van der Waals surface area contributed by atoms with Crippen molar-refractivity contribution in [2.75, 3.05) is 0 Å². The first-order chi connectivity index (χ1) is 10.8. The standard InChI is InChI=1S/C11H9N3.C7H9N/c12-6-11(7-13)9-14-8-10-4-2-1-3-5-10;8-6-7-4-2-1-3-5-7/h1-5,9,14H,8H2;1-5H,6,8H2. The van der Waals surface area contributed by atoms with Gasteiger partial charge in [-0.05, 0) is 11.1 Å². The van der Waals surface area contributed by atoms with Gasteiger partial charge in [0.2, 0.25) is 0 Å². The summed E-state index contributed by atoms with van der Waals surface area (Å²) in [5.74, 6) is 0. The van der Waals surface area contributed by atoms with Gasteiger partial charge in [-0.15, -0.1) is 0 Å². The average molecular weight is 290 g/mol. The lowest BCUT2D eigenvalue weighted by Gasteiger charge is -1.99. The van der Waals surface area contributed by atoms with Crippen molar-refractivity contribution >= 4 is 0 Å². The molecule has 0 aliphatic heterocycles. The Balaban J connectivity index is 0.000000255. The van der Waals surface area contributed by atoms with Crippen molar-refractivity contribution in [3.63, 3.8) is 0 Å². The number of hydrogen-bond donors (Lipinski definition) is 2. The topological polar surface area (TPSA) is 85.6 Å². The molecule has 0 spiro atoms. The second-order valence-corrected chi connectivity index (χ2v) is 4.34. The quantitative estimate of drug-likeness (QED) is 0.848. The summed E-state index contributed by atoms with van der Waals surface area (Å²) >= 11 is 0. The molecule has 0 bridgehead atoms. The van der Waals surface area contributed by atoms with Gasteiger partial charge in [-0.1, -0.05) is 60.7 Å². The number of rotatable bonds is 4. The number of allylic oxidation sites excluding steroid dienone is 1. The molecule has 2 rings (SSSR count). The van der Waals surface area contributed by atoms with Crippen LogP contribution < -0.4 is 11.1 Å². The van der Waals surface area contributed by atoms with Crippen LogP contribution in [0.15, 0.2) is 72.4 Å². The van der Waals surface area contributed by atoms with Crippen molar-refractivity contribution in [1.82, 2.24) is 5.32 Å². The third-order valence-electron chi connectivity index (χ3n) is 2.71. The van der Waals surface area contributed by atoms with Crippen LogP contribution in [0.3, 0.4) is 0 Å². The lowest BCUT2D eigenvalue weighted by Crippen LogP contribution is -2.05. The van der Waals surface area contributed by atoms with E-state index in [1.54, 1.807) is 12.1 Å². The Hall–Kier alpha value is -3.08. The molecule has 0 fully saturated rings. The molecule has 0 amide bonds. The summed E-state index contributed by atoms with van der Waals surface area (Å²) in [5.41, 5.74) is 7.73. The van der Waals surface area contributed by atoms with E-state index >= 15 is 0 Å². The fraction of sp³-hybridized carbons (Fsp3) is 0.111. The van der Waals surface area contributed by atoms with Crippen molar-refractivity contribution in [1.29, 1.82) is 10.5 Å². The van der Waals surface area contributed by atoms with Crippen LogP contribution in [0, 0.1) is 22.7 Å². The van der Waals surface area contributed by atoms with Gasteiger partial charge >= 0.3 is 0 Å². The Bertz CT molecular complexity index is 633. The van der Waals surface area contributed by atoms with Crippen LogP contribution in [0.2, 0.25) is 0 Å². The third-order valence-corrected chi connectivity index (χ3v) is 2.71. The van der Waals surface area contributed by atoms with Crippen molar-refractivity contribution < 1.29 is 0 Å². The van der Waals surface area contributed by atoms with E-state index in [9.17, 15) is 0 Å². The zero-order chi connectivity index (χ0) is 16.0. The van der Waals surface area contributed by atoms with Gasteiger partial charge in [-0.2, -0.15) is 10.5 Å². The molecular weight excluding hydrogens is 272 g/mol. The molecule has 0 atom stereocenters. The van der Waals surface area contributed by atoms with E-state index in [4.69, 9.17) is 16.3 Å². The van der Waals surface area contributed by atoms with Gasteiger partial charge in [-0.3, -0.25) is 0 Å². The molecule has 4 nitrogen and oxygen atoms in total. The number of nitriles is 2. The minimum Gasteiger partial charge on any atom is -0.385 e. The maximum Gasteiger partial charge on any atom is 0.145 e. The van der Waals surface area contributed by atoms with Gasteiger partial charge < -0.3 is 11.1 Å². The Kier molecular flexibility index (Phi) is 8.24. The van der Waals surface area contributed by atoms with Crippen molar-refractivity contribution in [2.45, 2.75) is 13.1 Å². The molecule has 0 saturated heterocycles. The van der Waals surface area contributed by atoms with Gasteiger partial charge in [-0.25, -0.2) is 0 Å². The third kappa shape index (κ3) is 6.91. The van der Waals surface area contributed by atoms with E-state index < -0.39 is 0 Å². The molecule has 22 heavy (non-hydrogen) atoms. The lowest BCUT2D eigenvalue weighted by molar-refractivity contribution is 0.867. The Morgan fingerprint density at radius 1 is 0.909 bits per heavy atom. The average Bonchev–Trinajstić information content (AvgIpc) is 2.61. The monoisotopic (exact) mass is 290 g/mol. The van der Waals surface area contributed by atoms with Crippen LogP contribution in [0.25, 0.3) is 0 Å². The van der Waals surface area contributed by atoms with Crippen LogP contribution in [0.5, 0.6) is 0 Å². The van der Waals surface area contributed by atoms with Crippen molar-refractivity contribution in [2.24, 2.45) is 5.73 Å². The van der Waals surface area contributed by atoms with Gasteiger partial charge in [0.05, 0.1) is 0 Å². The summed E-state index contributed by atoms with van der Waals surface area (Å²) in [4.78, 5) is 0. The maximum absolute atomic E-state index is 8.44. The molecule has 0 radical (unpaired) electrons. The number of nitrogens with one attached hydrogen (secondary N) is 1. The fourth-order valence-electron chi connectivity index (χ4n) is 1.57. The predicted molar refractivity (Wildman–Crippen MR) is 86.9 cm³/mol. The summed E-state index contributed by atoms with van der Waals surface area (Å²) in [6.45, 7) is 1.26. The fourth-order valence-corrected chi connectivity index (χ4v) is 1.57. The molecule has 0 aliphatic carbocycles. The zero-order valence-corrected chi connectivity index (χ0v) is 12.2. The van der Waals surface area contributed by atoms with Gasteiger partial charge in [0.1, 0.15) is 17.7 Å². The normalized spacial score (nSPS) is 8.50. The van der Waals surface area contributed by atoms with E-state index in [2.05, 4.69) is 5.32 Å². The lowest BCUT2D eigenvalue weighted by atomic mass is 10.2. The molecule has 0 saturated carbocycles. The molecule has 0 heterocycles. The smallest absolute Gasteiger partial charge is 0.145 e. The number of hydrogen-bond acceptors (Lipinski definition) is 4. The van der Waals surface area contributed by atoms with E-state index in [1.807, 2.05) is 60.7 Å². The minimum atomic E-state index is 0.0842. The van der Waals surface area contributed by atoms with Gasteiger partial charge in [0.15, 0.2) is 0 Å². The van der Waals surface area contributed by atoms with E-state index in [0.717, 1.165) is 5.56 Å². The summed E-state index contributed by atoms with van der Waals surface area (Å²) in [5, 5.41) is 19.8. The van der Waals surface area contributed by atoms with Crippen LogP contribution >= 0.6 is 0 Å². The highest BCUT2D eigenvalue weighted by Crippen LogP contribution is 1.97. The van der Waals surface area contributed by atoms with Crippen molar-refractivity contribution in [3.05, 3.63) is 83.6 Å². The second kappa shape index (κ2) is 10.7. The number of benzene rings is 2. The largest absolute Gasteiger partial charge is 0.385 e. The summed E-state index contributed by atoms with van der Waals surface area (Å²) in [7, 11) is 0. The highest BCUT2D eigenvalue weighted by Gasteiger charge is 1.90. The van der Waals surface area contributed by atoms with E-state index in [-0.39, 0.29) is 5.57 Å². The minimum absolute atomic E-state index is 0.0842. The molecule has 110 valence electrons. The molecule has 2 aromatic rings. The van der Waals surface area contributed by atoms with E-state index in [0.29, 0.717) is 13.1 Å². The maximum atomic E-state index is 8.44. The number of nitrogens with two attached hydrogens (primary N) is 1. The highest BCUT2D eigenvalue weighted by atomic mass is 14.8. The summed E-state index contributed by atoms with van der Waals surface area (Å²) in [6.07, 6.45) is 1.42. The molecular formula is C18H18N4. The Labute approximate surface area is 131 Å². The zero-order valence-electron chi connectivity index (χ0n) is 12.2. The second-order valence-electron chi connectivity index (χ2n) is 4.34. The summed E-state index contributed by atoms with van der Waals surface area (Å²) < 4.78 is 0. The molecule has 3 N–H and O–H groups in total. The van der Waals surface area contributed by atoms with Crippen LogP contribution in [0.4, 0.5) is 0 Å². The first-order valence-corrected chi connectivity index (χ1v) is 6.81. The first-order valence-electron chi connectivity index (χ1n) is 6.81. The Morgan fingerprint density at radius 3 is 1.82 bits per heavy atom.